The third-order valence-electron chi connectivity index (χ3n) is 2.72. The Hall–Kier alpha value is -1.97. The van der Waals surface area contributed by atoms with Crippen molar-refractivity contribution in [3.05, 3.63) is 18.5 Å². The molecule has 0 unspecified atom stereocenters. The summed E-state index contributed by atoms with van der Waals surface area (Å²) >= 11 is 0. The smallest absolute Gasteiger partial charge is 0.533 e. The van der Waals surface area contributed by atoms with E-state index in [9.17, 15) is 13.2 Å². The number of aromatic nitrogens is 2. The van der Waals surface area contributed by atoms with Crippen molar-refractivity contribution >= 4 is 18.5 Å². The number of anilines is 1. The summed E-state index contributed by atoms with van der Waals surface area (Å²) in [6, 6.07) is 0. The third kappa shape index (κ3) is 3.57. The number of rotatable bonds is 3. The lowest BCUT2D eigenvalue weighted by atomic mass is 9.85. The third-order valence-corrected chi connectivity index (χ3v) is 2.72. The van der Waals surface area contributed by atoms with Crippen LogP contribution in [0.1, 0.15) is 13.8 Å². The maximum absolute atomic E-state index is 12.2. The zero-order valence-corrected chi connectivity index (χ0v) is 11.4. The first kappa shape index (κ1) is 15.4. The SMILES string of the molecule is C=C1OB(c2cnc(N)c(OCC(F)(F)F)n2)OC1(C)C. The highest BCUT2D eigenvalue weighted by atomic mass is 19.4. The van der Waals surface area contributed by atoms with Crippen molar-refractivity contribution in [1.82, 2.24) is 9.97 Å². The standard InChI is InChI=1S/C11H13BF3N3O3/c1-6-10(2,3)21-12(20-6)7-4-17-8(16)9(18-7)19-5-11(13,14)15/h4H,1,5H2,2-3H3,(H2,16,17). The van der Waals surface area contributed by atoms with Crippen LogP contribution in [0.4, 0.5) is 19.0 Å². The first-order valence-electron chi connectivity index (χ1n) is 5.94. The topological polar surface area (TPSA) is 79.5 Å². The molecule has 1 aromatic heterocycles. The Bertz CT molecular complexity index is 565. The van der Waals surface area contributed by atoms with E-state index < -0.39 is 31.4 Å². The quantitative estimate of drug-likeness (QED) is 0.840. The number of nitrogens with two attached hydrogens (primary N) is 1. The van der Waals surface area contributed by atoms with Gasteiger partial charge < -0.3 is 19.8 Å². The van der Waals surface area contributed by atoms with Crippen LogP contribution in [0.15, 0.2) is 18.5 Å². The van der Waals surface area contributed by atoms with E-state index in [1.807, 2.05) is 0 Å². The summed E-state index contributed by atoms with van der Waals surface area (Å²) in [5.74, 6) is -0.296. The minimum atomic E-state index is -4.50. The highest BCUT2D eigenvalue weighted by molar-refractivity contribution is 6.61. The number of ether oxygens (including phenoxy) is 1. The fourth-order valence-electron chi connectivity index (χ4n) is 1.51. The second-order valence-electron chi connectivity index (χ2n) is 4.89. The van der Waals surface area contributed by atoms with Crippen LogP contribution in [-0.4, -0.2) is 35.5 Å². The number of halogens is 3. The minimum Gasteiger partial charge on any atom is -0.533 e. The molecule has 2 rings (SSSR count). The molecule has 21 heavy (non-hydrogen) atoms. The second-order valence-corrected chi connectivity index (χ2v) is 4.89. The maximum Gasteiger partial charge on any atom is 0.584 e. The number of alkyl halides is 3. The molecule has 0 amide bonds. The number of nitrogen functional groups attached to an aromatic ring is 1. The Morgan fingerprint density at radius 2 is 2.14 bits per heavy atom. The molecule has 1 aliphatic heterocycles. The van der Waals surface area contributed by atoms with Gasteiger partial charge in [0.25, 0.3) is 5.88 Å². The molecule has 0 radical (unpaired) electrons. The van der Waals surface area contributed by atoms with Gasteiger partial charge >= 0.3 is 13.3 Å². The minimum absolute atomic E-state index is 0.146. The lowest BCUT2D eigenvalue weighted by molar-refractivity contribution is -0.153. The van der Waals surface area contributed by atoms with Crippen molar-refractivity contribution in [2.24, 2.45) is 0 Å². The van der Waals surface area contributed by atoms with Gasteiger partial charge in [0.1, 0.15) is 11.2 Å². The van der Waals surface area contributed by atoms with E-state index in [1.54, 1.807) is 13.8 Å². The van der Waals surface area contributed by atoms with Gasteiger partial charge in [0.15, 0.2) is 12.4 Å². The average molecular weight is 303 g/mol. The Kier molecular flexibility index (Phi) is 3.75. The molecule has 6 nitrogen and oxygen atoms in total. The summed E-state index contributed by atoms with van der Waals surface area (Å²) in [5.41, 5.74) is 4.84. The molecule has 0 aromatic carbocycles. The van der Waals surface area contributed by atoms with Crippen molar-refractivity contribution in [1.29, 1.82) is 0 Å². The van der Waals surface area contributed by atoms with E-state index in [2.05, 4.69) is 21.3 Å². The molecule has 1 fully saturated rings. The molecular formula is C11H13BF3N3O3. The number of hydrogen-bond donors (Lipinski definition) is 1. The Morgan fingerprint density at radius 1 is 1.48 bits per heavy atom. The summed E-state index contributed by atoms with van der Waals surface area (Å²) in [7, 11) is -0.922. The first-order chi connectivity index (χ1) is 9.58. The fourth-order valence-corrected chi connectivity index (χ4v) is 1.51. The Labute approximate surface area is 119 Å². The molecule has 0 bridgehead atoms. The molecule has 1 saturated heterocycles. The maximum atomic E-state index is 12.2. The van der Waals surface area contributed by atoms with Crippen LogP contribution in [0, 0.1) is 0 Å². The van der Waals surface area contributed by atoms with E-state index in [0.717, 1.165) is 0 Å². The van der Waals surface area contributed by atoms with Crippen molar-refractivity contribution in [2.45, 2.75) is 25.6 Å². The van der Waals surface area contributed by atoms with Gasteiger partial charge in [0.2, 0.25) is 0 Å². The van der Waals surface area contributed by atoms with Gasteiger partial charge in [0.05, 0.1) is 5.76 Å². The summed E-state index contributed by atoms with van der Waals surface area (Å²) in [6.07, 6.45) is -3.25. The lowest BCUT2D eigenvalue weighted by Crippen LogP contribution is -2.37. The predicted octanol–water partition coefficient (Wildman–Crippen LogP) is 1.03. The summed E-state index contributed by atoms with van der Waals surface area (Å²) < 4.78 is 51.9. The normalized spacial score (nSPS) is 17.8. The molecule has 1 aliphatic rings. The lowest BCUT2D eigenvalue weighted by Gasteiger charge is -2.15. The van der Waals surface area contributed by atoms with Crippen molar-refractivity contribution in [3.63, 3.8) is 0 Å². The van der Waals surface area contributed by atoms with Gasteiger partial charge in [-0.1, -0.05) is 6.58 Å². The number of nitrogens with zero attached hydrogens (tertiary/aromatic N) is 2. The van der Waals surface area contributed by atoms with Crippen LogP contribution in [0.3, 0.4) is 0 Å². The molecule has 0 atom stereocenters. The molecule has 2 heterocycles. The summed E-state index contributed by atoms with van der Waals surface area (Å²) in [4.78, 5) is 7.59. The van der Waals surface area contributed by atoms with Gasteiger partial charge in [-0.05, 0) is 13.8 Å². The van der Waals surface area contributed by atoms with E-state index in [4.69, 9.17) is 15.0 Å². The second kappa shape index (κ2) is 5.10. The summed E-state index contributed by atoms with van der Waals surface area (Å²) in [6.45, 7) is 5.65. The average Bonchev–Trinajstić information content (AvgIpc) is 2.62. The molecule has 10 heteroatoms. The molecule has 1 aromatic rings. The van der Waals surface area contributed by atoms with Crippen LogP contribution in [0.5, 0.6) is 5.88 Å². The fraction of sp³-hybridized carbons (Fsp3) is 0.455. The Balaban J connectivity index is 2.18. The molecule has 0 spiro atoms. The van der Waals surface area contributed by atoms with Gasteiger partial charge in [-0.3, -0.25) is 0 Å². The van der Waals surface area contributed by atoms with Crippen molar-refractivity contribution in [3.8, 4) is 5.88 Å². The van der Waals surface area contributed by atoms with Crippen LogP contribution < -0.4 is 16.1 Å². The van der Waals surface area contributed by atoms with Crippen molar-refractivity contribution in [2.75, 3.05) is 12.3 Å². The van der Waals surface area contributed by atoms with Gasteiger partial charge in [-0.25, -0.2) is 9.97 Å². The monoisotopic (exact) mass is 303 g/mol. The molecule has 114 valence electrons. The molecule has 0 aliphatic carbocycles. The molecule has 2 N–H and O–H groups in total. The first-order valence-corrected chi connectivity index (χ1v) is 5.94. The van der Waals surface area contributed by atoms with E-state index in [-0.39, 0.29) is 11.4 Å². The largest absolute Gasteiger partial charge is 0.584 e. The van der Waals surface area contributed by atoms with Crippen LogP contribution >= 0.6 is 0 Å². The van der Waals surface area contributed by atoms with Crippen LogP contribution in [0.2, 0.25) is 0 Å². The van der Waals surface area contributed by atoms with E-state index >= 15 is 0 Å². The van der Waals surface area contributed by atoms with E-state index in [0.29, 0.717) is 5.76 Å². The molecular weight excluding hydrogens is 290 g/mol. The number of hydrogen-bond acceptors (Lipinski definition) is 6. The zero-order valence-electron chi connectivity index (χ0n) is 11.4. The van der Waals surface area contributed by atoms with Crippen LogP contribution in [-0.2, 0) is 9.31 Å². The highest BCUT2D eigenvalue weighted by Gasteiger charge is 2.44. The van der Waals surface area contributed by atoms with Crippen molar-refractivity contribution < 1.29 is 27.2 Å². The molecule has 0 saturated carbocycles. The van der Waals surface area contributed by atoms with Gasteiger partial charge in [-0.15, -0.1) is 0 Å². The van der Waals surface area contributed by atoms with Gasteiger partial charge in [-0.2, -0.15) is 13.2 Å². The summed E-state index contributed by atoms with van der Waals surface area (Å²) in [5, 5.41) is 0. The van der Waals surface area contributed by atoms with E-state index in [1.165, 1.54) is 6.20 Å². The van der Waals surface area contributed by atoms with Crippen LogP contribution in [0.25, 0.3) is 0 Å². The predicted molar refractivity (Wildman–Crippen MR) is 68.8 cm³/mol. The van der Waals surface area contributed by atoms with Gasteiger partial charge in [0, 0.05) is 6.20 Å². The highest BCUT2D eigenvalue weighted by Crippen LogP contribution is 2.29. The zero-order chi connectivity index (χ0) is 15.8. The Morgan fingerprint density at radius 3 is 2.67 bits per heavy atom.